The van der Waals surface area contributed by atoms with Crippen molar-refractivity contribution in [2.45, 2.75) is 50.4 Å². The highest BCUT2D eigenvalue weighted by Crippen LogP contribution is 2.59. The molecule has 1 aromatic carbocycles. The fourth-order valence-electron chi connectivity index (χ4n) is 5.03. The number of carbonyl (C=O) groups excluding carboxylic acids is 2. The fourth-order valence-corrected chi connectivity index (χ4v) is 5.03. The van der Waals surface area contributed by atoms with Crippen LogP contribution < -0.4 is 15.8 Å². The molecule has 0 unspecified atom stereocenters. The first kappa shape index (κ1) is 25.8. The van der Waals surface area contributed by atoms with E-state index in [-0.39, 0.29) is 42.9 Å². The number of alkyl halides is 3. The number of ether oxygens (including phenoxy) is 1. The number of hydrogen-bond acceptors (Lipinski definition) is 8. The van der Waals surface area contributed by atoms with Crippen LogP contribution in [0.5, 0.6) is 11.6 Å². The topological polar surface area (TPSA) is 141 Å². The molecule has 40 heavy (non-hydrogen) atoms. The van der Waals surface area contributed by atoms with E-state index in [1.807, 2.05) is 6.92 Å². The minimum absolute atomic E-state index is 0.0744. The van der Waals surface area contributed by atoms with Gasteiger partial charge in [-0.05, 0) is 50.5 Å². The van der Waals surface area contributed by atoms with Crippen LogP contribution in [0.1, 0.15) is 36.8 Å². The quantitative estimate of drug-likeness (QED) is 0.375. The number of nitrogens with one attached hydrogen (secondary N) is 1. The van der Waals surface area contributed by atoms with Gasteiger partial charge in [-0.1, -0.05) is 5.16 Å². The molecule has 6 rings (SSSR count). The lowest BCUT2D eigenvalue weighted by Gasteiger charge is -2.34. The summed E-state index contributed by atoms with van der Waals surface area (Å²) in [5.41, 5.74) is 5.54. The molecule has 3 N–H and O–H groups in total. The lowest BCUT2D eigenvalue weighted by molar-refractivity contribution is -0.165. The Morgan fingerprint density at radius 1 is 1.23 bits per heavy atom. The molecule has 14 heteroatoms. The van der Waals surface area contributed by atoms with Crippen molar-refractivity contribution in [3.05, 3.63) is 59.9 Å². The summed E-state index contributed by atoms with van der Waals surface area (Å²) in [5, 5.41) is 6.77. The molecule has 4 heterocycles. The Morgan fingerprint density at radius 3 is 2.75 bits per heavy atom. The maximum Gasteiger partial charge on any atom is 0.401 e. The second-order valence-corrected chi connectivity index (χ2v) is 9.98. The van der Waals surface area contributed by atoms with Gasteiger partial charge in [0.15, 0.2) is 11.6 Å². The molecule has 2 aliphatic rings. The van der Waals surface area contributed by atoms with Crippen LogP contribution in [0.2, 0.25) is 0 Å². The molecule has 0 radical (unpaired) electrons. The summed E-state index contributed by atoms with van der Waals surface area (Å²) in [4.78, 5) is 35.3. The molecule has 0 spiro atoms. The first-order chi connectivity index (χ1) is 19.1. The van der Waals surface area contributed by atoms with Gasteiger partial charge >= 0.3 is 12.2 Å². The highest BCUT2D eigenvalue weighted by molar-refractivity contribution is 5.98. The number of anilines is 1. The van der Waals surface area contributed by atoms with Crippen LogP contribution in [0.4, 0.5) is 23.8 Å². The van der Waals surface area contributed by atoms with Crippen LogP contribution in [0.15, 0.2) is 47.4 Å². The number of aromatic nitrogens is 4. The van der Waals surface area contributed by atoms with Crippen molar-refractivity contribution in [3.8, 4) is 11.6 Å². The van der Waals surface area contributed by atoms with Crippen molar-refractivity contribution in [1.82, 2.24) is 24.6 Å². The summed E-state index contributed by atoms with van der Waals surface area (Å²) >= 11 is 0. The average Bonchev–Trinajstić information content (AvgIpc) is 3.45. The predicted octanol–water partition coefficient (Wildman–Crippen LogP) is 4.12. The monoisotopic (exact) mass is 555 g/mol. The number of fused-ring (bicyclic) bond motifs is 2. The van der Waals surface area contributed by atoms with Crippen molar-refractivity contribution in [2.75, 3.05) is 11.9 Å². The molecule has 208 valence electrons. The molecule has 2 amide bonds. The first-order valence-electron chi connectivity index (χ1n) is 12.6. The van der Waals surface area contributed by atoms with E-state index in [0.29, 0.717) is 41.2 Å². The second kappa shape index (κ2) is 9.33. The molecular formula is C26H24F3N7O4. The van der Waals surface area contributed by atoms with E-state index >= 15 is 0 Å². The molecular weight excluding hydrogens is 531 g/mol. The van der Waals surface area contributed by atoms with Gasteiger partial charge in [-0.3, -0.25) is 14.7 Å². The summed E-state index contributed by atoms with van der Waals surface area (Å²) < 4.78 is 52.4. The van der Waals surface area contributed by atoms with Crippen LogP contribution in [0, 0.1) is 0 Å². The highest BCUT2D eigenvalue weighted by Gasteiger charge is 2.67. The fraction of sp³-hybridized carbons (Fsp3) is 0.346. The van der Waals surface area contributed by atoms with E-state index in [9.17, 15) is 22.8 Å². The number of rotatable bonds is 5. The molecule has 11 nitrogen and oxygen atoms in total. The molecule has 1 aliphatic heterocycles. The summed E-state index contributed by atoms with van der Waals surface area (Å²) in [6, 6.07) is 7.19. The SMILES string of the molecule is C[C@H]1Cc2c(ncnc2Oc2ccc3c(ccn3C(=O)Nc3cc(C4(C(F)(F)F)CC4)on3)c2)CN1C(=O)CN. The standard InChI is InChI=1S/C26H24F3N7O4/c1-14-8-17-18(12-36(14)22(37)11-30)31-13-32-23(17)39-16-2-3-19-15(9-16)4-7-35(19)24(38)33-21-10-20(40-34-21)25(5-6-25)26(27,28)29/h2-4,7,9-10,13-14H,5-6,8,11-12,30H2,1H3,(H,33,34,38)/t14-/m0/s1. The number of benzene rings is 1. The lowest BCUT2D eigenvalue weighted by Crippen LogP contribution is -2.45. The molecule has 4 aromatic rings. The number of nitrogens with two attached hydrogens (primary N) is 1. The van der Waals surface area contributed by atoms with Crippen molar-refractivity contribution in [1.29, 1.82) is 0 Å². The van der Waals surface area contributed by atoms with E-state index in [1.54, 1.807) is 29.2 Å². The number of amides is 2. The largest absolute Gasteiger partial charge is 0.439 e. The van der Waals surface area contributed by atoms with Gasteiger partial charge < -0.3 is 19.9 Å². The Morgan fingerprint density at radius 2 is 2.02 bits per heavy atom. The van der Waals surface area contributed by atoms with Crippen LogP contribution in [-0.4, -0.2) is 55.3 Å². The molecule has 3 aromatic heterocycles. The lowest BCUT2D eigenvalue weighted by atomic mass is 9.99. The summed E-state index contributed by atoms with van der Waals surface area (Å²) in [5.74, 6) is 0.279. The Bertz CT molecular complexity index is 1630. The Kier molecular flexibility index (Phi) is 6.02. The van der Waals surface area contributed by atoms with Crippen molar-refractivity contribution in [2.24, 2.45) is 5.73 Å². The minimum Gasteiger partial charge on any atom is -0.439 e. The Hall–Kier alpha value is -4.46. The Labute approximate surface area is 225 Å². The van der Waals surface area contributed by atoms with Gasteiger partial charge in [0.2, 0.25) is 11.8 Å². The summed E-state index contributed by atoms with van der Waals surface area (Å²) in [6.07, 6.45) is -1.19. The molecule has 0 bridgehead atoms. The van der Waals surface area contributed by atoms with Gasteiger partial charge in [0.1, 0.15) is 17.5 Å². The van der Waals surface area contributed by atoms with Crippen molar-refractivity contribution in [3.63, 3.8) is 0 Å². The van der Waals surface area contributed by atoms with Gasteiger partial charge in [0, 0.05) is 29.3 Å². The van der Waals surface area contributed by atoms with Crippen LogP contribution in [-0.2, 0) is 23.2 Å². The van der Waals surface area contributed by atoms with Crippen LogP contribution >= 0.6 is 0 Å². The van der Waals surface area contributed by atoms with E-state index in [1.165, 1.54) is 17.1 Å². The minimum atomic E-state index is -4.45. The van der Waals surface area contributed by atoms with Gasteiger partial charge in [-0.15, -0.1) is 0 Å². The molecule has 1 atom stereocenters. The first-order valence-corrected chi connectivity index (χ1v) is 12.6. The van der Waals surface area contributed by atoms with E-state index in [0.717, 1.165) is 11.6 Å². The highest BCUT2D eigenvalue weighted by atomic mass is 19.4. The van der Waals surface area contributed by atoms with E-state index in [2.05, 4.69) is 20.4 Å². The van der Waals surface area contributed by atoms with E-state index in [4.69, 9.17) is 15.0 Å². The predicted molar refractivity (Wildman–Crippen MR) is 135 cm³/mol. The third-order valence-corrected chi connectivity index (χ3v) is 7.45. The zero-order valence-corrected chi connectivity index (χ0v) is 21.2. The second-order valence-electron chi connectivity index (χ2n) is 9.98. The summed E-state index contributed by atoms with van der Waals surface area (Å²) in [7, 11) is 0. The summed E-state index contributed by atoms with van der Waals surface area (Å²) in [6.45, 7) is 2.16. The number of nitrogens with zero attached hydrogens (tertiary/aromatic N) is 5. The van der Waals surface area contributed by atoms with Crippen molar-refractivity contribution < 1.29 is 32.0 Å². The zero-order valence-electron chi connectivity index (χ0n) is 21.2. The maximum absolute atomic E-state index is 13.4. The number of hydrogen-bond donors (Lipinski definition) is 2. The van der Waals surface area contributed by atoms with Crippen LogP contribution in [0.3, 0.4) is 0 Å². The van der Waals surface area contributed by atoms with Crippen LogP contribution in [0.25, 0.3) is 10.9 Å². The molecule has 0 saturated heterocycles. The number of halogens is 3. The van der Waals surface area contributed by atoms with Gasteiger partial charge in [0.05, 0.1) is 24.3 Å². The maximum atomic E-state index is 13.4. The van der Waals surface area contributed by atoms with Gasteiger partial charge in [0.25, 0.3) is 0 Å². The third kappa shape index (κ3) is 4.33. The Balaban J connectivity index is 1.19. The normalized spacial score (nSPS) is 17.9. The molecule has 1 fully saturated rings. The van der Waals surface area contributed by atoms with Crippen molar-refractivity contribution >= 4 is 28.7 Å². The average molecular weight is 556 g/mol. The number of carbonyl (C=O) groups is 2. The van der Waals surface area contributed by atoms with Gasteiger partial charge in [-0.25, -0.2) is 14.8 Å². The van der Waals surface area contributed by atoms with Gasteiger partial charge in [-0.2, -0.15) is 13.2 Å². The smallest absolute Gasteiger partial charge is 0.401 e. The molecule has 1 saturated carbocycles. The van der Waals surface area contributed by atoms with E-state index < -0.39 is 17.6 Å². The zero-order chi connectivity index (χ0) is 28.2. The third-order valence-electron chi connectivity index (χ3n) is 7.45. The molecule has 1 aliphatic carbocycles.